The Bertz CT molecular complexity index is 458. The summed E-state index contributed by atoms with van der Waals surface area (Å²) in [5, 5.41) is 1.52. The Labute approximate surface area is 132 Å². The van der Waals surface area contributed by atoms with Crippen LogP contribution in [0.4, 0.5) is 0 Å². The highest BCUT2D eigenvalue weighted by atomic mass is 35.5. The Kier molecular flexibility index (Phi) is 5.39. The van der Waals surface area contributed by atoms with Crippen LogP contribution in [0.3, 0.4) is 0 Å². The second-order valence-electron chi connectivity index (χ2n) is 6.87. The van der Waals surface area contributed by atoms with E-state index < -0.39 is 0 Å². The van der Waals surface area contributed by atoms with Gasteiger partial charge < -0.3 is 5.73 Å². The number of benzene rings is 1. The lowest BCUT2D eigenvalue weighted by atomic mass is 9.71. The van der Waals surface area contributed by atoms with Gasteiger partial charge in [0.1, 0.15) is 0 Å². The number of hydrogen-bond acceptors (Lipinski definition) is 1. The SMILES string of the molecule is CC(C)CC1CCCC(N)(Cc2cc(Cl)ccc2Cl)C1. The van der Waals surface area contributed by atoms with E-state index in [1.165, 1.54) is 19.3 Å². The molecule has 0 bridgehead atoms. The van der Waals surface area contributed by atoms with Crippen molar-refractivity contribution in [2.75, 3.05) is 0 Å². The molecule has 20 heavy (non-hydrogen) atoms. The molecular formula is C17H25Cl2N. The van der Waals surface area contributed by atoms with Gasteiger partial charge in [-0.1, -0.05) is 49.9 Å². The molecule has 2 N–H and O–H groups in total. The van der Waals surface area contributed by atoms with Gasteiger partial charge in [0, 0.05) is 15.6 Å². The van der Waals surface area contributed by atoms with Crippen molar-refractivity contribution in [3.63, 3.8) is 0 Å². The minimum atomic E-state index is -0.119. The molecule has 2 unspecified atom stereocenters. The van der Waals surface area contributed by atoms with Crippen molar-refractivity contribution >= 4 is 23.2 Å². The molecule has 0 saturated heterocycles. The van der Waals surface area contributed by atoms with Gasteiger partial charge in [0.2, 0.25) is 0 Å². The summed E-state index contributed by atoms with van der Waals surface area (Å²) in [5.41, 5.74) is 7.65. The van der Waals surface area contributed by atoms with Crippen molar-refractivity contribution in [3.8, 4) is 0 Å². The fraction of sp³-hybridized carbons (Fsp3) is 0.647. The number of hydrogen-bond donors (Lipinski definition) is 1. The molecular weight excluding hydrogens is 289 g/mol. The topological polar surface area (TPSA) is 26.0 Å². The predicted octanol–water partition coefficient (Wildman–Crippen LogP) is 5.47. The van der Waals surface area contributed by atoms with E-state index >= 15 is 0 Å². The summed E-state index contributed by atoms with van der Waals surface area (Å²) in [5.74, 6) is 1.50. The quantitative estimate of drug-likeness (QED) is 0.783. The van der Waals surface area contributed by atoms with Gasteiger partial charge >= 0.3 is 0 Å². The average molecular weight is 314 g/mol. The van der Waals surface area contributed by atoms with Crippen LogP contribution in [0.15, 0.2) is 18.2 Å². The van der Waals surface area contributed by atoms with Gasteiger partial charge in [-0.25, -0.2) is 0 Å². The number of rotatable bonds is 4. The van der Waals surface area contributed by atoms with E-state index in [2.05, 4.69) is 13.8 Å². The lowest BCUT2D eigenvalue weighted by molar-refractivity contribution is 0.200. The van der Waals surface area contributed by atoms with Crippen LogP contribution in [0.25, 0.3) is 0 Å². The van der Waals surface area contributed by atoms with Gasteiger partial charge in [0.15, 0.2) is 0 Å². The maximum Gasteiger partial charge on any atom is 0.0439 e. The zero-order valence-corrected chi connectivity index (χ0v) is 14.0. The highest BCUT2D eigenvalue weighted by Gasteiger charge is 2.33. The molecule has 1 aromatic carbocycles. The summed E-state index contributed by atoms with van der Waals surface area (Å²) in [7, 11) is 0. The molecule has 112 valence electrons. The standard InChI is InChI=1S/C17H25Cl2N/c1-12(2)8-13-4-3-7-17(20,10-13)11-14-9-15(18)5-6-16(14)19/h5-6,9,12-13H,3-4,7-8,10-11,20H2,1-2H3. The van der Waals surface area contributed by atoms with Gasteiger partial charge in [-0.2, -0.15) is 0 Å². The van der Waals surface area contributed by atoms with E-state index in [0.29, 0.717) is 0 Å². The third-order valence-electron chi connectivity index (χ3n) is 4.34. The molecule has 0 heterocycles. The van der Waals surface area contributed by atoms with Gasteiger partial charge in [-0.05, 0) is 61.3 Å². The van der Waals surface area contributed by atoms with Crippen LogP contribution in [-0.4, -0.2) is 5.54 Å². The first-order chi connectivity index (χ1) is 9.38. The molecule has 2 atom stereocenters. The molecule has 1 aromatic rings. The third kappa shape index (κ3) is 4.38. The first kappa shape index (κ1) is 16.1. The first-order valence-corrected chi connectivity index (χ1v) is 8.36. The second kappa shape index (κ2) is 6.68. The van der Waals surface area contributed by atoms with Crippen molar-refractivity contribution in [1.29, 1.82) is 0 Å². The fourth-order valence-electron chi connectivity index (χ4n) is 3.61. The van der Waals surface area contributed by atoms with E-state index in [-0.39, 0.29) is 5.54 Å². The maximum absolute atomic E-state index is 6.67. The molecule has 1 fully saturated rings. The summed E-state index contributed by atoms with van der Waals surface area (Å²) < 4.78 is 0. The molecule has 1 aliphatic rings. The van der Waals surface area contributed by atoms with Crippen LogP contribution >= 0.6 is 23.2 Å². The average Bonchev–Trinajstić information content (AvgIpc) is 2.32. The Hall–Kier alpha value is -0.240. The Morgan fingerprint density at radius 1 is 1.35 bits per heavy atom. The van der Waals surface area contributed by atoms with Gasteiger partial charge in [-0.3, -0.25) is 0 Å². The van der Waals surface area contributed by atoms with E-state index in [0.717, 1.165) is 46.7 Å². The van der Waals surface area contributed by atoms with E-state index in [1.807, 2.05) is 18.2 Å². The largest absolute Gasteiger partial charge is 0.325 e. The minimum Gasteiger partial charge on any atom is -0.325 e. The third-order valence-corrected chi connectivity index (χ3v) is 4.94. The monoisotopic (exact) mass is 313 g/mol. The number of nitrogens with two attached hydrogens (primary N) is 1. The molecule has 1 aliphatic carbocycles. The Morgan fingerprint density at radius 2 is 2.10 bits per heavy atom. The molecule has 0 radical (unpaired) electrons. The van der Waals surface area contributed by atoms with Crippen LogP contribution in [0, 0.1) is 11.8 Å². The zero-order chi connectivity index (χ0) is 14.8. The van der Waals surface area contributed by atoms with Crippen LogP contribution < -0.4 is 5.73 Å². The molecule has 0 aliphatic heterocycles. The molecule has 1 nitrogen and oxygen atoms in total. The molecule has 1 saturated carbocycles. The lowest BCUT2D eigenvalue weighted by Gasteiger charge is -2.39. The fourth-order valence-corrected chi connectivity index (χ4v) is 3.99. The van der Waals surface area contributed by atoms with E-state index in [1.54, 1.807) is 0 Å². The summed E-state index contributed by atoms with van der Waals surface area (Å²) in [4.78, 5) is 0. The van der Waals surface area contributed by atoms with Gasteiger partial charge in [-0.15, -0.1) is 0 Å². The minimum absolute atomic E-state index is 0.119. The zero-order valence-electron chi connectivity index (χ0n) is 12.5. The smallest absolute Gasteiger partial charge is 0.0439 e. The van der Waals surface area contributed by atoms with Crippen molar-refractivity contribution in [2.45, 2.75) is 57.9 Å². The van der Waals surface area contributed by atoms with Gasteiger partial charge in [0.25, 0.3) is 0 Å². The maximum atomic E-state index is 6.67. The first-order valence-electron chi connectivity index (χ1n) is 7.61. The molecule has 0 spiro atoms. The number of halogens is 2. The molecule has 0 aromatic heterocycles. The van der Waals surface area contributed by atoms with Crippen molar-refractivity contribution in [2.24, 2.45) is 17.6 Å². The predicted molar refractivity (Wildman–Crippen MR) is 88.5 cm³/mol. The normalized spacial score (nSPS) is 27.0. The summed E-state index contributed by atoms with van der Waals surface area (Å²) >= 11 is 12.4. The van der Waals surface area contributed by atoms with Crippen LogP contribution in [-0.2, 0) is 6.42 Å². The van der Waals surface area contributed by atoms with Crippen molar-refractivity contribution in [3.05, 3.63) is 33.8 Å². The highest BCUT2D eigenvalue weighted by molar-refractivity contribution is 6.33. The summed E-state index contributed by atoms with van der Waals surface area (Å²) in [6.45, 7) is 4.58. The molecule has 0 amide bonds. The van der Waals surface area contributed by atoms with Crippen molar-refractivity contribution < 1.29 is 0 Å². The molecule has 2 rings (SSSR count). The summed E-state index contributed by atoms with van der Waals surface area (Å²) in [6, 6.07) is 5.67. The summed E-state index contributed by atoms with van der Waals surface area (Å²) in [6.07, 6.45) is 6.86. The van der Waals surface area contributed by atoms with E-state index in [4.69, 9.17) is 28.9 Å². The van der Waals surface area contributed by atoms with Crippen LogP contribution in [0.2, 0.25) is 10.0 Å². The Morgan fingerprint density at radius 3 is 2.80 bits per heavy atom. The highest BCUT2D eigenvalue weighted by Crippen LogP contribution is 2.37. The van der Waals surface area contributed by atoms with Crippen LogP contribution in [0.5, 0.6) is 0 Å². The van der Waals surface area contributed by atoms with Crippen molar-refractivity contribution in [1.82, 2.24) is 0 Å². The second-order valence-corrected chi connectivity index (χ2v) is 7.71. The molecule has 3 heteroatoms. The van der Waals surface area contributed by atoms with E-state index in [9.17, 15) is 0 Å². The lowest BCUT2D eigenvalue weighted by Crippen LogP contribution is -2.46. The van der Waals surface area contributed by atoms with Crippen LogP contribution in [0.1, 0.15) is 51.5 Å². The Balaban J connectivity index is 2.08. The van der Waals surface area contributed by atoms with Gasteiger partial charge in [0.05, 0.1) is 0 Å².